The molecule has 128 valence electrons. The van der Waals surface area contributed by atoms with Crippen LogP contribution in [-0.2, 0) is 20.0 Å². The molecule has 6 nitrogen and oxygen atoms in total. The molecule has 1 aliphatic carbocycles. The minimum absolute atomic E-state index is 0.126. The standard InChI is InChI=1S/C11H17F3N2O4S2/c1-2-3-4-9-5-7-10(8-6-9)21(17,18)16(15)22(19,20)11(12,13)14/h5-7,10H,2-4,8,15H2,1H3. The van der Waals surface area contributed by atoms with E-state index in [0.29, 0.717) is 6.42 Å². The predicted molar refractivity (Wildman–Crippen MR) is 75.1 cm³/mol. The van der Waals surface area contributed by atoms with E-state index in [1.54, 1.807) is 6.08 Å². The molecule has 0 heterocycles. The lowest BCUT2D eigenvalue weighted by Gasteiger charge is -2.23. The number of halogens is 3. The molecule has 0 saturated carbocycles. The number of hydrogen-bond acceptors (Lipinski definition) is 5. The number of nitrogens with zero attached hydrogens (tertiary/aromatic N) is 1. The molecule has 2 N–H and O–H groups in total. The van der Waals surface area contributed by atoms with Crippen LogP contribution in [0, 0.1) is 0 Å². The van der Waals surface area contributed by atoms with Gasteiger partial charge in [0.2, 0.25) is 10.0 Å². The van der Waals surface area contributed by atoms with E-state index in [1.807, 2.05) is 6.92 Å². The topological polar surface area (TPSA) is 97.5 Å². The summed E-state index contributed by atoms with van der Waals surface area (Å²) in [5, 5.41) is -1.44. The lowest BCUT2D eigenvalue weighted by molar-refractivity contribution is -0.0469. The molecule has 11 heteroatoms. The highest BCUT2D eigenvalue weighted by Gasteiger charge is 2.54. The van der Waals surface area contributed by atoms with Crippen molar-refractivity contribution in [3.63, 3.8) is 0 Å². The summed E-state index contributed by atoms with van der Waals surface area (Å²) >= 11 is 0. The molecule has 0 aromatic heterocycles. The van der Waals surface area contributed by atoms with E-state index in [9.17, 15) is 30.0 Å². The van der Waals surface area contributed by atoms with E-state index in [2.05, 4.69) is 0 Å². The van der Waals surface area contributed by atoms with Crippen LogP contribution < -0.4 is 5.84 Å². The Morgan fingerprint density at radius 1 is 1.32 bits per heavy atom. The van der Waals surface area contributed by atoms with Gasteiger partial charge in [-0.1, -0.05) is 37.1 Å². The van der Waals surface area contributed by atoms with E-state index < -0.39 is 34.6 Å². The highest BCUT2D eigenvalue weighted by atomic mass is 32.3. The summed E-state index contributed by atoms with van der Waals surface area (Å²) in [7, 11) is -11.0. The zero-order valence-electron chi connectivity index (χ0n) is 11.7. The first kappa shape index (κ1) is 19.1. The fourth-order valence-corrected chi connectivity index (χ4v) is 4.57. The molecule has 1 atom stereocenters. The summed E-state index contributed by atoms with van der Waals surface area (Å²) in [4.78, 5) is 0. The molecule has 0 spiro atoms. The van der Waals surface area contributed by atoms with E-state index >= 15 is 0 Å². The quantitative estimate of drug-likeness (QED) is 0.574. The Labute approximate surface area is 127 Å². The Morgan fingerprint density at radius 2 is 1.91 bits per heavy atom. The molecule has 1 unspecified atom stereocenters. The van der Waals surface area contributed by atoms with E-state index in [0.717, 1.165) is 24.5 Å². The lowest BCUT2D eigenvalue weighted by atomic mass is 10.0. The Balaban J connectivity index is 2.95. The minimum atomic E-state index is -6.14. The number of alkyl halides is 3. The van der Waals surface area contributed by atoms with Gasteiger partial charge in [0.1, 0.15) is 0 Å². The summed E-state index contributed by atoms with van der Waals surface area (Å²) in [6, 6.07) is 0. The van der Waals surface area contributed by atoms with E-state index in [-0.39, 0.29) is 6.42 Å². The predicted octanol–water partition coefficient (Wildman–Crippen LogP) is 1.79. The average molecular weight is 362 g/mol. The van der Waals surface area contributed by atoms with Gasteiger partial charge in [-0.25, -0.2) is 22.7 Å². The molecule has 0 aromatic carbocycles. The van der Waals surface area contributed by atoms with Gasteiger partial charge in [0.05, 0.1) is 5.25 Å². The van der Waals surface area contributed by atoms with Crippen molar-refractivity contribution in [2.75, 3.05) is 0 Å². The van der Waals surface area contributed by atoms with E-state index in [1.165, 1.54) is 6.08 Å². The van der Waals surface area contributed by atoms with Crippen LogP contribution in [0.4, 0.5) is 13.2 Å². The van der Waals surface area contributed by atoms with Gasteiger partial charge in [0.15, 0.2) is 0 Å². The fraction of sp³-hybridized carbons (Fsp3) is 0.636. The highest BCUT2D eigenvalue weighted by molar-refractivity contribution is 8.04. The van der Waals surface area contributed by atoms with Crippen LogP contribution in [0.5, 0.6) is 0 Å². The summed E-state index contributed by atoms with van der Waals surface area (Å²) in [6.45, 7) is 1.98. The maximum atomic E-state index is 12.4. The average Bonchev–Trinajstić information content (AvgIpc) is 2.43. The molecule has 0 aromatic rings. The van der Waals surface area contributed by atoms with Crippen molar-refractivity contribution >= 4 is 20.0 Å². The summed E-state index contributed by atoms with van der Waals surface area (Å²) < 4.78 is 82.1. The summed E-state index contributed by atoms with van der Waals surface area (Å²) in [5.74, 6) is 4.74. The maximum absolute atomic E-state index is 12.4. The number of allylic oxidation sites excluding steroid dienone is 3. The Kier molecular flexibility index (Phi) is 5.82. The number of rotatable bonds is 6. The molecule has 1 rings (SSSR count). The second-order valence-electron chi connectivity index (χ2n) is 4.74. The molecule has 1 aliphatic rings. The maximum Gasteiger partial charge on any atom is 0.513 e. The monoisotopic (exact) mass is 362 g/mol. The zero-order chi connectivity index (χ0) is 17.2. The highest BCUT2D eigenvalue weighted by Crippen LogP contribution is 2.29. The first-order valence-corrected chi connectivity index (χ1v) is 9.36. The van der Waals surface area contributed by atoms with Gasteiger partial charge in [-0.2, -0.15) is 13.2 Å². The van der Waals surface area contributed by atoms with Crippen molar-refractivity contribution in [3.8, 4) is 0 Å². The lowest BCUT2D eigenvalue weighted by Crippen LogP contribution is -2.51. The van der Waals surface area contributed by atoms with Crippen molar-refractivity contribution in [2.24, 2.45) is 5.84 Å². The molecule has 0 amide bonds. The van der Waals surface area contributed by atoms with E-state index in [4.69, 9.17) is 5.84 Å². The van der Waals surface area contributed by atoms with Gasteiger partial charge in [0.25, 0.3) is 0 Å². The molecule has 22 heavy (non-hydrogen) atoms. The largest absolute Gasteiger partial charge is 0.513 e. The molecule has 0 radical (unpaired) electrons. The number of unbranched alkanes of at least 4 members (excludes halogenated alkanes) is 1. The second-order valence-corrected chi connectivity index (χ2v) is 8.80. The van der Waals surface area contributed by atoms with Gasteiger partial charge in [-0.05, 0) is 23.1 Å². The molecule has 0 fully saturated rings. The number of nitrogens with two attached hydrogens (primary N) is 1. The van der Waals surface area contributed by atoms with Crippen molar-refractivity contribution < 1.29 is 30.0 Å². The van der Waals surface area contributed by atoms with Crippen molar-refractivity contribution in [1.29, 1.82) is 0 Å². The van der Waals surface area contributed by atoms with Gasteiger partial charge in [-0.15, -0.1) is 0 Å². The first-order chi connectivity index (χ1) is 9.94. The third-order valence-corrected chi connectivity index (χ3v) is 7.01. The number of hydrogen-bond donors (Lipinski definition) is 1. The minimum Gasteiger partial charge on any atom is -0.240 e. The normalized spacial score (nSPS) is 20.3. The Morgan fingerprint density at radius 3 is 2.32 bits per heavy atom. The zero-order valence-corrected chi connectivity index (χ0v) is 13.4. The second kappa shape index (κ2) is 6.69. The van der Waals surface area contributed by atoms with Crippen LogP contribution in [-0.4, -0.2) is 31.4 Å². The van der Waals surface area contributed by atoms with Crippen LogP contribution >= 0.6 is 0 Å². The van der Waals surface area contributed by atoms with Gasteiger partial charge in [-0.3, -0.25) is 0 Å². The van der Waals surface area contributed by atoms with Gasteiger partial charge in [0, 0.05) is 0 Å². The van der Waals surface area contributed by atoms with Crippen LogP contribution in [0.25, 0.3) is 0 Å². The third-order valence-electron chi connectivity index (χ3n) is 3.12. The molecule has 0 aliphatic heterocycles. The summed E-state index contributed by atoms with van der Waals surface area (Å²) in [5.41, 5.74) is -4.93. The van der Waals surface area contributed by atoms with Gasteiger partial charge >= 0.3 is 15.5 Å². The third kappa shape index (κ3) is 3.89. The molecule has 0 saturated heterocycles. The smallest absolute Gasteiger partial charge is 0.240 e. The van der Waals surface area contributed by atoms with Crippen molar-refractivity contribution in [2.45, 2.75) is 43.4 Å². The van der Waals surface area contributed by atoms with Crippen LogP contribution in [0.15, 0.2) is 23.8 Å². The van der Waals surface area contributed by atoms with Gasteiger partial charge < -0.3 is 0 Å². The SMILES string of the molecule is CCCCC1=CCC(S(=O)(=O)N(N)S(=O)(=O)C(F)(F)F)C=C1. The van der Waals surface area contributed by atoms with Crippen molar-refractivity contribution in [1.82, 2.24) is 3.82 Å². The van der Waals surface area contributed by atoms with Crippen LogP contribution in [0.1, 0.15) is 32.6 Å². The number of sulfonamides is 2. The first-order valence-electron chi connectivity index (χ1n) is 6.42. The summed E-state index contributed by atoms with van der Waals surface area (Å²) in [6.07, 6.45) is 6.60. The Hall–Kier alpha value is -0.910. The number of hydrazine groups is 1. The molecule has 0 bridgehead atoms. The van der Waals surface area contributed by atoms with Crippen LogP contribution in [0.3, 0.4) is 0 Å². The Bertz CT molecular complexity index is 666. The molecular weight excluding hydrogens is 345 g/mol. The fourth-order valence-electron chi connectivity index (χ4n) is 1.80. The van der Waals surface area contributed by atoms with Crippen molar-refractivity contribution in [3.05, 3.63) is 23.8 Å². The molecular formula is C11H17F3N2O4S2. The van der Waals surface area contributed by atoms with Crippen LogP contribution in [0.2, 0.25) is 0 Å².